The molecular formula is C57H90O12. The Labute approximate surface area is 415 Å². The lowest BCUT2D eigenvalue weighted by atomic mass is 9.98. The van der Waals surface area contributed by atoms with Crippen molar-refractivity contribution >= 4 is 23.9 Å². The predicted molar refractivity (Wildman–Crippen MR) is 275 cm³/mol. The predicted octanol–water partition coefficient (Wildman–Crippen LogP) is 12.6. The Hall–Kier alpha value is -4.36. The first-order valence-corrected chi connectivity index (χ1v) is 26.2. The number of allylic oxidation sites excluding steroid dienone is 16. The second kappa shape index (κ2) is 44.8. The summed E-state index contributed by atoms with van der Waals surface area (Å²) in [6, 6.07) is 0. The van der Waals surface area contributed by atoms with Crippen molar-refractivity contribution in [2.75, 3.05) is 13.2 Å². The van der Waals surface area contributed by atoms with Crippen molar-refractivity contribution in [3.05, 3.63) is 97.2 Å². The average molecular weight is 967 g/mol. The summed E-state index contributed by atoms with van der Waals surface area (Å²) in [5.74, 6) is -3.28. The van der Waals surface area contributed by atoms with Gasteiger partial charge in [-0.1, -0.05) is 169 Å². The summed E-state index contributed by atoms with van der Waals surface area (Å²) in [7, 11) is 0. The van der Waals surface area contributed by atoms with Crippen LogP contribution < -0.4 is 0 Å². The van der Waals surface area contributed by atoms with Crippen LogP contribution in [-0.4, -0.2) is 89.2 Å². The van der Waals surface area contributed by atoms with Gasteiger partial charge >= 0.3 is 23.9 Å². The van der Waals surface area contributed by atoms with E-state index in [0.717, 1.165) is 109 Å². The molecule has 0 aromatic rings. The van der Waals surface area contributed by atoms with Gasteiger partial charge in [-0.15, -0.1) is 0 Å². The number of carbonyl (C=O) groups is 4. The molecule has 0 spiro atoms. The molecule has 69 heavy (non-hydrogen) atoms. The van der Waals surface area contributed by atoms with Crippen molar-refractivity contribution in [1.29, 1.82) is 0 Å². The van der Waals surface area contributed by atoms with Gasteiger partial charge in [0, 0.05) is 19.3 Å². The molecule has 6 atom stereocenters. The van der Waals surface area contributed by atoms with Crippen molar-refractivity contribution in [2.24, 2.45) is 0 Å². The second-order valence-corrected chi connectivity index (χ2v) is 17.4. The summed E-state index contributed by atoms with van der Waals surface area (Å²) in [6.45, 7) is 5.63. The van der Waals surface area contributed by atoms with Gasteiger partial charge in [0.2, 0.25) is 0 Å². The van der Waals surface area contributed by atoms with E-state index >= 15 is 0 Å². The van der Waals surface area contributed by atoms with Gasteiger partial charge in [0.25, 0.3) is 0 Å². The molecule has 1 saturated heterocycles. The Morgan fingerprint density at radius 1 is 0.493 bits per heavy atom. The fourth-order valence-electron chi connectivity index (χ4n) is 7.14. The third-order valence-electron chi connectivity index (χ3n) is 11.1. The summed E-state index contributed by atoms with van der Waals surface area (Å²) in [5, 5.41) is 31.3. The van der Waals surface area contributed by atoms with Crippen LogP contribution in [0.1, 0.15) is 188 Å². The van der Waals surface area contributed by atoms with Gasteiger partial charge in [-0.3, -0.25) is 14.4 Å². The molecule has 1 rings (SSSR count). The quantitative estimate of drug-likeness (QED) is 0.0229. The Bertz CT molecular complexity index is 1570. The van der Waals surface area contributed by atoms with E-state index in [1.54, 1.807) is 0 Å². The lowest BCUT2D eigenvalue weighted by Gasteiger charge is -2.40. The van der Waals surface area contributed by atoms with Crippen LogP contribution in [0.15, 0.2) is 97.2 Å². The van der Waals surface area contributed by atoms with Gasteiger partial charge in [-0.05, 0) is 96.3 Å². The molecule has 12 nitrogen and oxygen atoms in total. The van der Waals surface area contributed by atoms with Crippen LogP contribution in [0, 0.1) is 0 Å². The van der Waals surface area contributed by atoms with Crippen LogP contribution in [0.3, 0.4) is 0 Å². The summed E-state index contributed by atoms with van der Waals surface area (Å²) < 4.78 is 28.2. The van der Waals surface area contributed by atoms with E-state index in [1.165, 1.54) is 12.8 Å². The zero-order valence-electron chi connectivity index (χ0n) is 42.5. The third kappa shape index (κ3) is 35.4. The van der Waals surface area contributed by atoms with Crippen molar-refractivity contribution in [3.63, 3.8) is 0 Å². The van der Waals surface area contributed by atoms with E-state index < -0.39 is 67.3 Å². The fourth-order valence-corrected chi connectivity index (χ4v) is 7.14. The molecule has 1 aliphatic rings. The normalized spacial score (nSPS) is 19.5. The number of aliphatic hydroxyl groups is 2. The number of ether oxygens (including phenoxy) is 5. The smallest absolute Gasteiger partial charge is 0.335 e. The minimum atomic E-state index is -1.93. The largest absolute Gasteiger partial charge is 0.479 e. The first kappa shape index (κ1) is 62.7. The number of hydrogen-bond acceptors (Lipinski definition) is 11. The van der Waals surface area contributed by atoms with E-state index in [9.17, 15) is 34.5 Å². The molecular weight excluding hydrogens is 877 g/mol. The molecule has 0 aromatic carbocycles. The monoisotopic (exact) mass is 967 g/mol. The van der Waals surface area contributed by atoms with Gasteiger partial charge in [-0.25, -0.2) is 4.79 Å². The van der Waals surface area contributed by atoms with Crippen molar-refractivity contribution in [2.45, 2.75) is 225 Å². The van der Waals surface area contributed by atoms with E-state index in [2.05, 4.69) is 99.8 Å². The van der Waals surface area contributed by atoms with Crippen LogP contribution >= 0.6 is 0 Å². The first-order valence-electron chi connectivity index (χ1n) is 26.2. The van der Waals surface area contributed by atoms with E-state index in [1.807, 2.05) is 18.2 Å². The minimum absolute atomic E-state index is 0.0674. The van der Waals surface area contributed by atoms with Gasteiger partial charge < -0.3 is 39.0 Å². The van der Waals surface area contributed by atoms with E-state index in [-0.39, 0.29) is 25.9 Å². The fraction of sp³-hybridized carbons (Fsp3) is 0.649. The number of carbonyl (C=O) groups excluding carboxylic acids is 3. The Balaban J connectivity index is 2.78. The van der Waals surface area contributed by atoms with Crippen molar-refractivity contribution in [1.82, 2.24) is 0 Å². The van der Waals surface area contributed by atoms with Gasteiger partial charge in [-0.2, -0.15) is 0 Å². The highest BCUT2D eigenvalue weighted by Gasteiger charge is 2.50. The molecule has 0 aliphatic carbocycles. The standard InChI is InChI=1S/C57H90O12/c1-4-7-10-13-16-19-22-24-25-27-29-31-34-37-40-43-49(58)65-46-48(67-50(59)44-41-38-35-32-28-21-18-15-12-9-6-3)47-66-57-55(53(62)52(61)54(69-57)56(63)64)68-51(60)45-42-39-36-33-30-26-23-20-17-14-11-8-5-2/h7-8,10-11,15-20,24-26,30,36,39,48,52-55,57,61-62H,4-6,9,12-14,21-23,27-29,31-35,37-38,40-47H2,1-3H3,(H,63,64)/b10-7-,11-8-,18-15-,19-16-,20-17-,25-24-,30-26-,39-36-. The first-order chi connectivity index (χ1) is 33.6. The molecule has 12 heteroatoms. The van der Waals surface area contributed by atoms with Crippen LogP contribution in [0.5, 0.6) is 0 Å². The highest BCUT2D eigenvalue weighted by molar-refractivity contribution is 5.74. The van der Waals surface area contributed by atoms with Crippen molar-refractivity contribution in [3.8, 4) is 0 Å². The molecule has 1 aliphatic heterocycles. The number of hydrogen-bond donors (Lipinski definition) is 3. The Morgan fingerprint density at radius 2 is 0.942 bits per heavy atom. The van der Waals surface area contributed by atoms with Gasteiger partial charge in [0.15, 0.2) is 24.6 Å². The maximum absolute atomic E-state index is 13.0. The van der Waals surface area contributed by atoms with Crippen LogP contribution in [-0.2, 0) is 42.9 Å². The topological polar surface area (TPSA) is 175 Å². The lowest BCUT2D eigenvalue weighted by Crippen LogP contribution is -2.61. The number of carboxylic acids is 1. The number of esters is 3. The third-order valence-corrected chi connectivity index (χ3v) is 11.1. The molecule has 0 aromatic heterocycles. The van der Waals surface area contributed by atoms with E-state index in [0.29, 0.717) is 25.7 Å². The van der Waals surface area contributed by atoms with E-state index in [4.69, 9.17) is 23.7 Å². The molecule has 0 saturated carbocycles. The number of carboxylic acid groups (broad SMARTS) is 1. The molecule has 0 bridgehead atoms. The highest BCUT2D eigenvalue weighted by atomic mass is 16.7. The second-order valence-electron chi connectivity index (χ2n) is 17.4. The maximum Gasteiger partial charge on any atom is 0.335 e. The molecule has 3 N–H and O–H groups in total. The molecule has 390 valence electrons. The van der Waals surface area contributed by atoms with Gasteiger partial charge in [0.1, 0.15) is 18.8 Å². The highest BCUT2D eigenvalue weighted by Crippen LogP contribution is 2.26. The maximum atomic E-state index is 13.0. The SMILES string of the molecule is CC/C=C\C/C=C\C/C=C\C/C=C\CCC(=O)OC1C(OCC(COC(=O)CCCCCCC/C=C\C/C=C\C/C=C\CC)OC(=O)CCCCCCC/C=C\CCCC)OC(C(=O)O)C(O)C1O. The number of aliphatic hydroxyl groups excluding tert-OH is 2. The minimum Gasteiger partial charge on any atom is -0.479 e. The van der Waals surface area contributed by atoms with Crippen LogP contribution in [0.2, 0.25) is 0 Å². The number of aliphatic carboxylic acids is 1. The summed E-state index contributed by atoms with van der Waals surface area (Å²) in [5.41, 5.74) is 0. The zero-order chi connectivity index (χ0) is 50.4. The van der Waals surface area contributed by atoms with Crippen molar-refractivity contribution < 1.29 is 58.2 Å². The molecule has 6 unspecified atom stereocenters. The van der Waals surface area contributed by atoms with Crippen LogP contribution in [0.25, 0.3) is 0 Å². The lowest BCUT2D eigenvalue weighted by molar-refractivity contribution is -0.301. The number of rotatable bonds is 42. The zero-order valence-corrected chi connectivity index (χ0v) is 42.5. The Kier molecular flexibility index (Phi) is 40.7. The molecule has 0 radical (unpaired) electrons. The van der Waals surface area contributed by atoms with Gasteiger partial charge in [0.05, 0.1) is 6.61 Å². The molecule has 1 fully saturated rings. The summed E-state index contributed by atoms with van der Waals surface area (Å²) in [6.07, 6.45) is 45.6. The summed E-state index contributed by atoms with van der Waals surface area (Å²) in [4.78, 5) is 50.8. The molecule has 1 heterocycles. The Morgan fingerprint density at radius 3 is 1.46 bits per heavy atom. The van der Waals surface area contributed by atoms with Crippen LogP contribution in [0.4, 0.5) is 0 Å². The molecule has 0 amide bonds. The summed E-state index contributed by atoms with van der Waals surface area (Å²) >= 11 is 0. The number of unbranched alkanes of at least 4 members (excludes halogenated alkanes) is 12. The average Bonchev–Trinajstić information content (AvgIpc) is 3.33.